The van der Waals surface area contributed by atoms with E-state index in [9.17, 15) is 18.0 Å². The maximum atomic E-state index is 13.3. The zero-order valence-corrected chi connectivity index (χ0v) is 20.2. The standard InChI is InChI=1S/C22H29N3O6S2/c1-15(2)32-16(3)20(26)17-6-10-25(11-7-17)19-5-4-18(14-23-19)33(29,30)22(21(27)24-28)8-12-31-13-9-22/h4-5,14,17,28H,1,3,6-13H2,2H3,(H,24,27). The Bertz CT molecular complexity index is 1020. The van der Waals surface area contributed by atoms with Gasteiger partial charge in [-0.2, -0.15) is 0 Å². The number of pyridine rings is 1. The van der Waals surface area contributed by atoms with Crippen molar-refractivity contribution in [2.45, 2.75) is 42.2 Å². The maximum absolute atomic E-state index is 13.3. The third-order valence-electron chi connectivity index (χ3n) is 6.12. The fourth-order valence-electron chi connectivity index (χ4n) is 4.22. The summed E-state index contributed by atoms with van der Waals surface area (Å²) in [5.74, 6) is -0.428. The fraction of sp³-hybridized carbons (Fsp3) is 0.500. The number of ether oxygens (including phenoxy) is 1. The van der Waals surface area contributed by atoms with Gasteiger partial charge in [0.25, 0.3) is 5.91 Å². The molecule has 180 valence electrons. The Balaban J connectivity index is 1.71. The molecule has 2 aliphatic heterocycles. The van der Waals surface area contributed by atoms with Gasteiger partial charge in [0.05, 0.1) is 4.90 Å². The van der Waals surface area contributed by atoms with E-state index in [-0.39, 0.29) is 42.7 Å². The van der Waals surface area contributed by atoms with Gasteiger partial charge < -0.3 is 9.64 Å². The molecule has 2 N–H and O–H groups in total. The number of Topliss-reactive ketones (excluding diaryl/α,β-unsaturated/α-hetero) is 1. The molecule has 0 aliphatic carbocycles. The Labute approximate surface area is 198 Å². The van der Waals surface area contributed by atoms with Gasteiger partial charge in [0.1, 0.15) is 5.82 Å². The summed E-state index contributed by atoms with van der Waals surface area (Å²) in [6.07, 6.45) is 2.43. The van der Waals surface area contributed by atoms with Crippen LogP contribution in [-0.2, 0) is 24.2 Å². The van der Waals surface area contributed by atoms with Crippen LogP contribution in [0.4, 0.5) is 5.82 Å². The van der Waals surface area contributed by atoms with Crippen LogP contribution in [0.25, 0.3) is 0 Å². The SMILES string of the molecule is C=C(C)SC(=C)C(=O)C1CCN(c2ccc(S(=O)(=O)C3(C(=O)NO)CCOCC3)cn2)CC1. The molecular weight excluding hydrogens is 466 g/mol. The van der Waals surface area contributed by atoms with Crippen molar-refractivity contribution in [3.05, 3.63) is 41.3 Å². The minimum absolute atomic E-state index is 0.0426. The number of thioether (sulfide) groups is 1. The summed E-state index contributed by atoms with van der Waals surface area (Å²) >= 11 is 1.30. The highest BCUT2D eigenvalue weighted by Gasteiger charge is 2.52. The van der Waals surface area contributed by atoms with Crippen LogP contribution in [-0.4, -0.2) is 61.3 Å². The molecule has 11 heteroatoms. The van der Waals surface area contributed by atoms with Gasteiger partial charge in [-0.05, 0) is 49.6 Å². The second kappa shape index (κ2) is 10.4. The first-order valence-electron chi connectivity index (χ1n) is 10.7. The van der Waals surface area contributed by atoms with Crippen LogP contribution in [0, 0.1) is 5.92 Å². The van der Waals surface area contributed by atoms with Crippen LogP contribution in [0.15, 0.2) is 46.2 Å². The van der Waals surface area contributed by atoms with Gasteiger partial charge in [-0.25, -0.2) is 18.9 Å². The van der Waals surface area contributed by atoms with Crippen LogP contribution in [0.3, 0.4) is 0 Å². The Morgan fingerprint density at radius 2 is 1.88 bits per heavy atom. The summed E-state index contributed by atoms with van der Waals surface area (Å²) in [4.78, 5) is 32.5. The lowest BCUT2D eigenvalue weighted by Gasteiger charge is -2.34. The van der Waals surface area contributed by atoms with E-state index in [0.29, 0.717) is 36.7 Å². The van der Waals surface area contributed by atoms with E-state index in [1.807, 2.05) is 11.8 Å². The second-order valence-corrected chi connectivity index (χ2v) is 11.9. The average Bonchev–Trinajstić information content (AvgIpc) is 2.83. The van der Waals surface area contributed by atoms with Crippen LogP contribution < -0.4 is 10.4 Å². The summed E-state index contributed by atoms with van der Waals surface area (Å²) in [6, 6.07) is 3.04. The Morgan fingerprint density at radius 3 is 2.39 bits per heavy atom. The molecule has 0 aromatic carbocycles. The van der Waals surface area contributed by atoms with E-state index in [1.165, 1.54) is 29.5 Å². The van der Waals surface area contributed by atoms with Crippen molar-refractivity contribution < 1.29 is 28.0 Å². The molecule has 0 saturated carbocycles. The van der Waals surface area contributed by atoms with Gasteiger partial charge in [-0.3, -0.25) is 14.8 Å². The topological polar surface area (TPSA) is 126 Å². The molecule has 2 saturated heterocycles. The lowest BCUT2D eigenvalue weighted by Crippen LogP contribution is -2.54. The number of aromatic nitrogens is 1. The van der Waals surface area contributed by atoms with E-state index in [2.05, 4.69) is 18.1 Å². The largest absolute Gasteiger partial charge is 0.381 e. The summed E-state index contributed by atoms with van der Waals surface area (Å²) in [6.45, 7) is 10.9. The lowest BCUT2D eigenvalue weighted by atomic mass is 9.92. The number of nitrogens with zero attached hydrogens (tertiary/aromatic N) is 2. The van der Waals surface area contributed by atoms with Gasteiger partial charge in [-0.1, -0.05) is 24.9 Å². The zero-order chi connectivity index (χ0) is 24.2. The highest BCUT2D eigenvalue weighted by atomic mass is 32.2. The van der Waals surface area contributed by atoms with Gasteiger partial charge in [0.15, 0.2) is 20.4 Å². The predicted molar refractivity (Wildman–Crippen MR) is 126 cm³/mol. The molecular formula is C22H29N3O6S2. The van der Waals surface area contributed by atoms with Crippen molar-refractivity contribution >= 4 is 39.1 Å². The Kier molecular flexibility index (Phi) is 7.99. The van der Waals surface area contributed by atoms with Crippen LogP contribution >= 0.6 is 11.8 Å². The first kappa shape index (κ1) is 25.4. The number of hydrogen-bond donors (Lipinski definition) is 2. The molecule has 9 nitrogen and oxygen atoms in total. The van der Waals surface area contributed by atoms with Crippen LogP contribution in [0.1, 0.15) is 32.6 Å². The first-order valence-corrected chi connectivity index (χ1v) is 13.0. The maximum Gasteiger partial charge on any atom is 0.265 e. The molecule has 1 amide bonds. The third kappa shape index (κ3) is 5.16. The molecule has 2 fully saturated rings. The average molecular weight is 496 g/mol. The molecule has 0 unspecified atom stereocenters. The number of hydroxylamine groups is 1. The highest BCUT2D eigenvalue weighted by Crippen LogP contribution is 2.36. The Hall–Kier alpha value is -2.21. The number of ketones is 1. The lowest BCUT2D eigenvalue weighted by molar-refractivity contribution is -0.134. The molecule has 1 aromatic rings. The number of hydrogen-bond acceptors (Lipinski definition) is 9. The number of rotatable bonds is 8. The van der Waals surface area contributed by atoms with E-state index in [1.54, 1.807) is 6.07 Å². The molecule has 2 aliphatic rings. The number of sulfone groups is 1. The van der Waals surface area contributed by atoms with Crippen LogP contribution in [0.2, 0.25) is 0 Å². The number of amides is 1. The number of nitrogens with one attached hydrogen (secondary N) is 1. The van der Waals surface area contributed by atoms with Crippen molar-refractivity contribution in [3.63, 3.8) is 0 Å². The predicted octanol–water partition coefficient (Wildman–Crippen LogP) is 2.48. The fourth-order valence-corrected chi connectivity index (χ4v) is 6.80. The van der Waals surface area contributed by atoms with Gasteiger partial charge in [-0.15, -0.1) is 0 Å². The van der Waals surface area contributed by atoms with Crippen molar-refractivity contribution in [2.24, 2.45) is 5.92 Å². The van der Waals surface area contributed by atoms with Crippen molar-refractivity contribution in [3.8, 4) is 0 Å². The molecule has 33 heavy (non-hydrogen) atoms. The van der Waals surface area contributed by atoms with Crippen molar-refractivity contribution in [2.75, 3.05) is 31.2 Å². The van der Waals surface area contributed by atoms with E-state index in [0.717, 1.165) is 4.91 Å². The van der Waals surface area contributed by atoms with Crippen molar-refractivity contribution in [1.82, 2.24) is 10.5 Å². The molecule has 0 atom stereocenters. The second-order valence-electron chi connectivity index (χ2n) is 8.26. The third-order valence-corrected chi connectivity index (χ3v) is 9.40. The van der Waals surface area contributed by atoms with E-state index in [4.69, 9.17) is 9.94 Å². The molecule has 0 bridgehead atoms. The van der Waals surface area contributed by atoms with Crippen molar-refractivity contribution in [1.29, 1.82) is 0 Å². The zero-order valence-electron chi connectivity index (χ0n) is 18.6. The monoisotopic (exact) mass is 495 g/mol. The minimum Gasteiger partial charge on any atom is -0.381 e. The summed E-state index contributed by atoms with van der Waals surface area (Å²) < 4.78 is 30.1. The van der Waals surface area contributed by atoms with Gasteiger partial charge >= 0.3 is 0 Å². The summed E-state index contributed by atoms with van der Waals surface area (Å²) in [7, 11) is -4.12. The summed E-state index contributed by atoms with van der Waals surface area (Å²) in [5.41, 5.74) is 1.50. The number of carbonyl (C=O) groups excluding carboxylic acids is 2. The van der Waals surface area contributed by atoms with Gasteiger partial charge in [0, 0.05) is 43.3 Å². The smallest absolute Gasteiger partial charge is 0.265 e. The molecule has 3 heterocycles. The number of allylic oxidation sites excluding steroid dienone is 2. The first-order chi connectivity index (χ1) is 15.6. The van der Waals surface area contributed by atoms with Crippen LogP contribution in [0.5, 0.6) is 0 Å². The normalized spacial score (nSPS) is 19.0. The number of anilines is 1. The Morgan fingerprint density at radius 1 is 1.24 bits per heavy atom. The minimum atomic E-state index is -4.12. The number of carbonyl (C=O) groups is 2. The quantitative estimate of drug-likeness (QED) is 0.318. The molecule has 1 aromatic heterocycles. The molecule has 3 rings (SSSR count). The number of piperidine rings is 1. The molecule has 0 radical (unpaired) electrons. The van der Waals surface area contributed by atoms with Gasteiger partial charge in [0.2, 0.25) is 0 Å². The highest BCUT2D eigenvalue weighted by molar-refractivity contribution is 8.07. The molecule has 0 spiro atoms. The summed E-state index contributed by atoms with van der Waals surface area (Å²) in [5, 5.41) is 9.15. The van der Waals surface area contributed by atoms with E-state index >= 15 is 0 Å². The van der Waals surface area contributed by atoms with E-state index < -0.39 is 20.5 Å².